The van der Waals surface area contributed by atoms with Crippen LogP contribution in [0.1, 0.15) is 69.0 Å². The molecule has 9 heteroatoms. The Morgan fingerprint density at radius 3 is 2.90 bits per heavy atom. The molecule has 1 saturated carbocycles. The van der Waals surface area contributed by atoms with Gasteiger partial charge in [-0.25, -0.2) is 4.98 Å². The summed E-state index contributed by atoms with van der Waals surface area (Å²) in [5, 5.41) is 11.9. The molecule has 164 valence electrons. The van der Waals surface area contributed by atoms with E-state index in [2.05, 4.69) is 29.5 Å². The Balaban J connectivity index is 1.45. The minimum absolute atomic E-state index is 0.0154. The smallest absolute Gasteiger partial charge is 0.237 e. The minimum atomic E-state index is -0.524. The van der Waals surface area contributed by atoms with Crippen molar-refractivity contribution in [1.82, 2.24) is 9.88 Å². The van der Waals surface area contributed by atoms with Gasteiger partial charge in [-0.05, 0) is 31.1 Å². The summed E-state index contributed by atoms with van der Waals surface area (Å²) in [4.78, 5) is 29.7. The van der Waals surface area contributed by atoms with Crippen LogP contribution in [0.2, 0.25) is 0 Å². The Kier molecular flexibility index (Phi) is 6.08. The summed E-state index contributed by atoms with van der Waals surface area (Å²) in [5.74, 6) is 0.444. The van der Waals surface area contributed by atoms with Gasteiger partial charge in [0.1, 0.15) is 24.4 Å². The van der Waals surface area contributed by atoms with Crippen molar-refractivity contribution in [2.45, 2.75) is 63.9 Å². The lowest BCUT2D eigenvalue weighted by molar-refractivity contribution is -0.129. The topological polar surface area (TPSA) is 76.4 Å². The maximum Gasteiger partial charge on any atom is 0.237 e. The fraction of sp³-hybridized carbons (Fsp3) is 0.714. The van der Waals surface area contributed by atoms with Gasteiger partial charge < -0.3 is 14.6 Å². The quantitative estimate of drug-likeness (QED) is 0.507. The average molecular weight is 453 g/mol. The molecular formula is C21H29ClN4O3S. The van der Waals surface area contributed by atoms with Crippen molar-refractivity contribution in [2.24, 2.45) is 15.7 Å². The first kappa shape index (κ1) is 21.6. The molecule has 2 aliphatic heterocycles. The number of amides is 1. The molecule has 30 heavy (non-hydrogen) atoms. The fourth-order valence-electron chi connectivity index (χ4n) is 4.82. The maximum absolute atomic E-state index is 11.8. The normalized spacial score (nSPS) is 27.9. The van der Waals surface area contributed by atoms with Crippen molar-refractivity contribution < 1.29 is 14.5 Å². The summed E-state index contributed by atoms with van der Waals surface area (Å²) in [6.07, 6.45) is 5.28. The predicted molar refractivity (Wildman–Crippen MR) is 118 cm³/mol. The van der Waals surface area contributed by atoms with Gasteiger partial charge >= 0.3 is 0 Å². The van der Waals surface area contributed by atoms with Crippen molar-refractivity contribution >= 4 is 40.3 Å². The maximum atomic E-state index is 11.8. The van der Waals surface area contributed by atoms with Gasteiger partial charge in [0.05, 0.1) is 10.7 Å². The summed E-state index contributed by atoms with van der Waals surface area (Å²) in [6.45, 7) is 6.01. The number of carbonyl (C=O) groups is 1. The number of halogens is 1. The second-order valence-electron chi connectivity index (χ2n) is 9.22. The van der Waals surface area contributed by atoms with E-state index in [4.69, 9.17) is 26.3 Å². The van der Waals surface area contributed by atoms with Crippen LogP contribution in [0.5, 0.6) is 0 Å². The molecule has 1 aromatic heterocycles. The van der Waals surface area contributed by atoms with E-state index in [-0.39, 0.29) is 17.2 Å². The molecule has 1 spiro atoms. The Hall–Kier alpha value is -1.67. The molecule has 2 fully saturated rings. The first-order valence-electron chi connectivity index (χ1n) is 10.5. The van der Waals surface area contributed by atoms with E-state index in [1.54, 1.807) is 18.4 Å². The van der Waals surface area contributed by atoms with Crippen molar-refractivity contribution in [3.63, 3.8) is 0 Å². The molecule has 1 aromatic rings. The highest BCUT2D eigenvalue weighted by Crippen LogP contribution is 2.46. The number of rotatable bonds is 4. The van der Waals surface area contributed by atoms with Crippen LogP contribution in [-0.2, 0) is 14.5 Å². The van der Waals surface area contributed by atoms with Crippen LogP contribution in [0, 0.1) is 5.41 Å². The summed E-state index contributed by atoms with van der Waals surface area (Å²) in [5.41, 5.74) is 2.36. The molecule has 0 N–H and O–H groups in total. The minimum Gasteiger partial charge on any atom is -0.399 e. The SMILES string of the molecule is CON=C1CCC(C)(C)CC12CC(c1csc(C3CCN(C(=O)CCl)CC3)n1)=NO2. The van der Waals surface area contributed by atoms with Crippen LogP contribution in [0.15, 0.2) is 15.7 Å². The Bertz CT molecular complexity index is 860. The van der Waals surface area contributed by atoms with Crippen molar-refractivity contribution in [1.29, 1.82) is 0 Å². The number of nitrogens with zero attached hydrogens (tertiary/aromatic N) is 4. The zero-order valence-corrected chi connectivity index (χ0v) is 19.4. The van der Waals surface area contributed by atoms with Crippen LogP contribution < -0.4 is 0 Å². The van der Waals surface area contributed by atoms with Crippen LogP contribution >= 0.6 is 22.9 Å². The highest BCUT2D eigenvalue weighted by Gasteiger charge is 2.51. The molecular weight excluding hydrogens is 424 g/mol. The van der Waals surface area contributed by atoms with Crippen LogP contribution in [-0.4, -0.2) is 58.9 Å². The zero-order chi connectivity index (χ0) is 21.4. The molecule has 4 rings (SSSR count). The van der Waals surface area contributed by atoms with E-state index in [1.165, 1.54) is 0 Å². The summed E-state index contributed by atoms with van der Waals surface area (Å²) >= 11 is 7.35. The number of hydrogen-bond acceptors (Lipinski definition) is 7. The van der Waals surface area contributed by atoms with Crippen LogP contribution in [0.3, 0.4) is 0 Å². The third-order valence-electron chi connectivity index (χ3n) is 6.44. The molecule has 3 heterocycles. The molecule has 1 unspecified atom stereocenters. The van der Waals surface area contributed by atoms with E-state index in [9.17, 15) is 4.79 Å². The standard InChI is InChI=1S/C21H29ClN4O3S/c1-20(2)7-4-17(25-28-3)21(13-20)10-15(24-29-21)16-12-30-19(23-16)14-5-8-26(9-6-14)18(27)11-22/h12,14H,4-11,13H2,1-3H3. The van der Waals surface area contributed by atoms with E-state index in [0.29, 0.717) is 12.3 Å². The molecule has 0 radical (unpaired) electrons. The average Bonchev–Trinajstić information content (AvgIpc) is 3.37. The van der Waals surface area contributed by atoms with Gasteiger partial charge in [-0.2, -0.15) is 0 Å². The van der Waals surface area contributed by atoms with Gasteiger partial charge in [0, 0.05) is 37.2 Å². The molecule has 3 aliphatic rings. The van der Waals surface area contributed by atoms with Gasteiger partial charge in [0.2, 0.25) is 5.91 Å². The van der Waals surface area contributed by atoms with Gasteiger partial charge in [-0.3, -0.25) is 4.79 Å². The summed E-state index contributed by atoms with van der Waals surface area (Å²) in [6, 6.07) is 0. The summed E-state index contributed by atoms with van der Waals surface area (Å²) in [7, 11) is 1.58. The second-order valence-corrected chi connectivity index (χ2v) is 10.4. The Morgan fingerprint density at radius 1 is 1.43 bits per heavy atom. The van der Waals surface area contributed by atoms with E-state index in [0.717, 1.165) is 67.3 Å². The molecule has 0 aromatic carbocycles. The van der Waals surface area contributed by atoms with Gasteiger partial charge in [-0.15, -0.1) is 22.9 Å². The number of alkyl halides is 1. The monoisotopic (exact) mass is 452 g/mol. The molecule has 7 nitrogen and oxygen atoms in total. The lowest BCUT2D eigenvalue weighted by Crippen LogP contribution is -2.47. The van der Waals surface area contributed by atoms with E-state index in [1.807, 2.05) is 4.90 Å². The number of carbonyl (C=O) groups excluding carboxylic acids is 1. The van der Waals surface area contributed by atoms with E-state index < -0.39 is 5.60 Å². The number of piperidine rings is 1. The number of hydrogen-bond donors (Lipinski definition) is 0. The molecule has 0 bridgehead atoms. The first-order chi connectivity index (χ1) is 14.4. The van der Waals surface area contributed by atoms with Gasteiger partial charge in [0.25, 0.3) is 0 Å². The van der Waals surface area contributed by atoms with Crippen LogP contribution in [0.25, 0.3) is 0 Å². The Morgan fingerprint density at radius 2 is 2.20 bits per heavy atom. The zero-order valence-electron chi connectivity index (χ0n) is 17.8. The molecule has 1 saturated heterocycles. The lowest BCUT2D eigenvalue weighted by Gasteiger charge is -2.40. The molecule has 1 amide bonds. The Labute approximate surface area is 186 Å². The third kappa shape index (κ3) is 4.21. The van der Waals surface area contributed by atoms with E-state index >= 15 is 0 Å². The highest BCUT2D eigenvalue weighted by atomic mass is 35.5. The molecule has 1 aliphatic carbocycles. The highest BCUT2D eigenvalue weighted by molar-refractivity contribution is 7.10. The fourth-order valence-corrected chi connectivity index (χ4v) is 5.99. The predicted octanol–water partition coefficient (Wildman–Crippen LogP) is 4.16. The van der Waals surface area contributed by atoms with Crippen molar-refractivity contribution in [3.05, 3.63) is 16.1 Å². The van der Waals surface area contributed by atoms with Gasteiger partial charge in [-0.1, -0.05) is 24.2 Å². The van der Waals surface area contributed by atoms with Crippen molar-refractivity contribution in [2.75, 3.05) is 26.1 Å². The number of likely N-dealkylation sites (tertiary alicyclic amines) is 1. The number of aromatic nitrogens is 1. The first-order valence-corrected chi connectivity index (χ1v) is 11.9. The number of thiazole rings is 1. The summed E-state index contributed by atoms with van der Waals surface area (Å²) < 4.78 is 0. The molecule has 1 atom stereocenters. The largest absolute Gasteiger partial charge is 0.399 e. The lowest BCUT2D eigenvalue weighted by atomic mass is 9.67. The second kappa shape index (κ2) is 8.46. The number of oxime groups is 2. The van der Waals surface area contributed by atoms with Crippen molar-refractivity contribution in [3.8, 4) is 0 Å². The third-order valence-corrected chi connectivity index (χ3v) is 7.68. The van der Waals surface area contributed by atoms with Gasteiger partial charge in [0.15, 0.2) is 5.60 Å². The van der Waals surface area contributed by atoms with Crippen LogP contribution in [0.4, 0.5) is 0 Å².